The van der Waals surface area contributed by atoms with E-state index in [2.05, 4.69) is 4.18 Å². The molecule has 1 aliphatic heterocycles. The maximum absolute atomic E-state index is 11.3. The Morgan fingerprint density at radius 2 is 2.23 bits per heavy atom. The molecule has 0 amide bonds. The van der Waals surface area contributed by atoms with Crippen LogP contribution in [-0.2, 0) is 18.9 Å². The van der Waals surface area contributed by atoms with E-state index in [-0.39, 0.29) is 12.3 Å². The van der Waals surface area contributed by atoms with E-state index in [4.69, 9.17) is 0 Å². The van der Waals surface area contributed by atoms with Gasteiger partial charge < -0.3 is 4.57 Å². The van der Waals surface area contributed by atoms with Gasteiger partial charge >= 0.3 is 0 Å². The van der Waals surface area contributed by atoms with Gasteiger partial charge in [-0.1, -0.05) is 0 Å². The first-order chi connectivity index (χ1) is 5.99. The van der Waals surface area contributed by atoms with E-state index in [0.717, 1.165) is 25.3 Å². The smallest absolute Gasteiger partial charge is 0.264 e. The minimum Gasteiger partial charge on any atom is -0.327 e. The zero-order valence-corrected chi connectivity index (χ0v) is 9.47. The Hall–Kier alpha value is 0.140. The highest BCUT2D eigenvalue weighted by Crippen LogP contribution is 2.41. The van der Waals surface area contributed by atoms with Crippen molar-refractivity contribution in [3.05, 3.63) is 0 Å². The lowest BCUT2D eigenvalue weighted by atomic mass is 10.2. The molecule has 0 radical (unpaired) electrons. The fraction of sp³-hybridized carbons (Fsp3) is 1.00. The molecular weight excluding hydrogens is 211 g/mol. The zero-order valence-electron chi connectivity index (χ0n) is 7.65. The van der Waals surface area contributed by atoms with Crippen LogP contribution in [0.25, 0.3) is 0 Å². The maximum Gasteiger partial charge on any atom is 0.264 e. The molecule has 1 fully saturated rings. The second kappa shape index (κ2) is 4.58. The van der Waals surface area contributed by atoms with Crippen LogP contribution in [-0.4, -0.2) is 33.1 Å². The molecular formula is C7H15O4PS. The van der Waals surface area contributed by atoms with Gasteiger partial charge in [-0.15, -0.1) is 0 Å². The molecule has 1 rings (SSSR count). The Balaban J connectivity index is 2.23. The first kappa shape index (κ1) is 11.2. The van der Waals surface area contributed by atoms with Gasteiger partial charge in [0.1, 0.15) is 0 Å². The third-order valence-electron chi connectivity index (χ3n) is 2.19. The average molecular weight is 226 g/mol. The van der Waals surface area contributed by atoms with Crippen molar-refractivity contribution in [1.82, 2.24) is 0 Å². The van der Waals surface area contributed by atoms with Gasteiger partial charge in [-0.05, 0) is 25.4 Å². The molecule has 0 aromatic rings. The van der Waals surface area contributed by atoms with Crippen LogP contribution in [0, 0.1) is 0 Å². The van der Waals surface area contributed by atoms with Gasteiger partial charge in [0.2, 0.25) is 0 Å². The minimum absolute atomic E-state index is 0.180. The van der Waals surface area contributed by atoms with Crippen LogP contribution < -0.4 is 0 Å². The molecule has 13 heavy (non-hydrogen) atoms. The van der Waals surface area contributed by atoms with Crippen molar-refractivity contribution in [3.8, 4) is 0 Å². The van der Waals surface area contributed by atoms with E-state index in [1.54, 1.807) is 0 Å². The monoisotopic (exact) mass is 226 g/mol. The van der Waals surface area contributed by atoms with Gasteiger partial charge in [-0.2, -0.15) is 8.42 Å². The number of hydrogen-bond donors (Lipinski definition) is 0. The van der Waals surface area contributed by atoms with Crippen molar-refractivity contribution < 1.29 is 17.2 Å². The summed E-state index contributed by atoms with van der Waals surface area (Å²) in [6.45, 7) is 0.180. The molecule has 1 unspecified atom stereocenters. The molecule has 78 valence electrons. The van der Waals surface area contributed by atoms with E-state index in [1.807, 2.05) is 0 Å². The molecule has 6 heteroatoms. The number of rotatable bonds is 4. The molecule has 0 N–H and O–H groups in total. The van der Waals surface area contributed by atoms with Gasteiger partial charge in [0.25, 0.3) is 10.1 Å². The maximum atomic E-state index is 11.3. The summed E-state index contributed by atoms with van der Waals surface area (Å²) in [5.41, 5.74) is 0.215. The average Bonchev–Trinajstić information content (AvgIpc) is 2.34. The molecule has 0 spiro atoms. The third kappa shape index (κ3) is 4.25. The lowest BCUT2D eigenvalue weighted by Crippen LogP contribution is -2.08. The summed E-state index contributed by atoms with van der Waals surface area (Å²) in [6, 6.07) is 0. The van der Waals surface area contributed by atoms with Crippen molar-refractivity contribution in [2.45, 2.75) is 24.9 Å². The second-order valence-corrected chi connectivity index (χ2v) is 7.26. The third-order valence-corrected chi connectivity index (χ3v) is 5.12. The Labute approximate surface area is 79.6 Å². The molecule has 1 aliphatic rings. The van der Waals surface area contributed by atoms with Crippen LogP contribution in [0.15, 0.2) is 0 Å². The van der Waals surface area contributed by atoms with Gasteiger partial charge in [0, 0.05) is 5.66 Å². The normalized spacial score (nSPS) is 29.3. The fourth-order valence-corrected chi connectivity index (χ4v) is 3.86. The van der Waals surface area contributed by atoms with E-state index < -0.39 is 17.9 Å². The molecule has 0 aromatic heterocycles. The summed E-state index contributed by atoms with van der Waals surface area (Å²) in [4.78, 5) is 0. The van der Waals surface area contributed by atoms with Crippen LogP contribution in [0.5, 0.6) is 0 Å². The lowest BCUT2D eigenvalue weighted by Gasteiger charge is -2.07. The number of hydrogen-bond acceptors (Lipinski definition) is 4. The summed E-state index contributed by atoms with van der Waals surface area (Å²) in [5.74, 6) is 0. The summed E-state index contributed by atoms with van der Waals surface area (Å²) >= 11 is 0. The van der Waals surface area contributed by atoms with E-state index in [1.165, 1.54) is 0 Å². The topological polar surface area (TPSA) is 60.4 Å². The van der Waals surface area contributed by atoms with Crippen LogP contribution in [0.3, 0.4) is 0 Å². The van der Waals surface area contributed by atoms with E-state index in [0.29, 0.717) is 6.42 Å². The van der Waals surface area contributed by atoms with Gasteiger partial charge in [0.05, 0.1) is 20.7 Å². The van der Waals surface area contributed by atoms with Crippen LogP contribution in [0.1, 0.15) is 19.3 Å². The molecule has 4 nitrogen and oxygen atoms in total. The van der Waals surface area contributed by atoms with Gasteiger partial charge in [0.15, 0.2) is 0 Å². The Morgan fingerprint density at radius 3 is 2.69 bits per heavy atom. The van der Waals surface area contributed by atoms with Crippen LogP contribution >= 0.6 is 7.80 Å². The van der Waals surface area contributed by atoms with Gasteiger partial charge in [-0.3, -0.25) is 4.18 Å². The Kier molecular flexibility index (Phi) is 3.95. The summed E-state index contributed by atoms with van der Waals surface area (Å²) in [6.07, 6.45) is 4.45. The van der Waals surface area contributed by atoms with Crippen LogP contribution in [0.2, 0.25) is 0 Å². The second-order valence-electron chi connectivity index (χ2n) is 3.37. The minimum atomic E-state index is -3.32. The molecule has 0 aliphatic carbocycles. The molecule has 1 heterocycles. The van der Waals surface area contributed by atoms with E-state index >= 15 is 0 Å². The summed E-state index contributed by atoms with van der Waals surface area (Å²) in [7, 11) is -4.76. The first-order valence-corrected chi connectivity index (χ1v) is 7.87. The van der Waals surface area contributed by atoms with Gasteiger partial charge in [-0.25, -0.2) is 0 Å². The summed E-state index contributed by atoms with van der Waals surface area (Å²) < 4.78 is 37.1. The van der Waals surface area contributed by atoms with Crippen molar-refractivity contribution in [2.24, 2.45) is 0 Å². The highest BCUT2D eigenvalue weighted by atomic mass is 32.2. The Morgan fingerprint density at radius 1 is 1.54 bits per heavy atom. The molecule has 1 saturated heterocycles. The first-order valence-electron chi connectivity index (χ1n) is 4.36. The predicted molar refractivity (Wildman–Crippen MR) is 52.3 cm³/mol. The van der Waals surface area contributed by atoms with Crippen molar-refractivity contribution in [1.29, 1.82) is 0 Å². The highest BCUT2D eigenvalue weighted by Gasteiger charge is 2.22. The quantitative estimate of drug-likeness (QED) is 0.531. The van der Waals surface area contributed by atoms with E-state index in [9.17, 15) is 13.0 Å². The zero-order chi connectivity index (χ0) is 9.90. The molecule has 0 aromatic carbocycles. The molecule has 2 atom stereocenters. The largest absolute Gasteiger partial charge is 0.327 e. The molecule has 0 bridgehead atoms. The standard InChI is InChI=1S/C7H15O4PS/c1-13(9,10)11-5-4-7-3-2-6-12(7)8/h7,12H,2-6H2,1H3/t7-/m1/s1. The SMILES string of the molecule is CS(=O)(=O)OCC[C@H]1CCC[PH]1=O. The summed E-state index contributed by atoms with van der Waals surface area (Å²) in [5, 5.41) is 0. The van der Waals surface area contributed by atoms with Crippen molar-refractivity contribution in [2.75, 3.05) is 19.0 Å². The van der Waals surface area contributed by atoms with Crippen LogP contribution in [0.4, 0.5) is 0 Å². The van der Waals surface area contributed by atoms with Crippen molar-refractivity contribution in [3.63, 3.8) is 0 Å². The Bertz CT molecular complexity index is 285. The predicted octanol–water partition coefficient (Wildman–Crippen LogP) is 1.07. The highest BCUT2D eigenvalue weighted by molar-refractivity contribution is 7.85. The molecule has 0 saturated carbocycles. The fourth-order valence-electron chi connectivity index (χ4n) is 1.53. The van der Waals surface area contributed by atoms with Crippen molar-refractivity contribution >= 4 is 17.9 Å². The lowest BCUT2D eigenvalue weighted by molar-refractivity contribution is 0.312.